The van der Waals surface area contributed by atoms with Crippen LogP contribution in [-0.4, -0.2) is 21.7 Å². The van der Waals surface area contributed by atoms with Crippen LogP contribution in [0.5, 0.6) is 0 Å². The summed E-state index contributed by atoms with van der Waals surface area (Å²) < 4.78 is 1.33. The van der Waals surface area contributed by atoms with E-state index in [9.17, 15) is 14.4 Å². The fourth-order valence-corrected chi connectivity index (χ4v) is 1.60. The molecule has 0 saturated carbocycles. The van der Waals surface area contributed by atoms with Crippen molar-refractivity contribution in [3.05, 3.63) is 40.7 Å². The second kappa shape index (κ2) is 4.66. The monoisotopic (exact) mass is 246 g/mol. The molecule has 0 unspecified atom stereocenters. The van der Waals surface area contributed by atoms with Crippen molar-refractivity contribution in [2.24, 2.45) is 5.73 Å². The van der Waals surface area contributed by atoms with Gasteiger partial charge in [0.2, 0.25) is 11.3 Å². The summed E-state index contributed by atoms with van der Waals surface area (Å²) in [7, 11) is 0. The third-order valence-electron chi connectivity index (χ3n) is 2.32. The van der Waals surface area contributed by atoms with Crippen molar-refractivity contribution in [3.63, 3.8) is 0 Å². The zero-order valence-electron chi connectivity index (χ0n) is 9.29. The lowest BCUT2D eigenvalue weighted by molar-refractivity contribution is -0.120. The normalized spacial score (nSPS) is 10.2. The van der Waals surface area contributed by atoms with E-state index in [0.717, 1.165) is 6.20 Å². The number of urea groups is 1. The number of imide groups is 1. The molecule has 92 valence electrons. The van der Waals surface area contributed by atoms with E-state index in [2.05, 4.69) is 5.10 Å². The van der Waals surface area contributed by atoms with Gasteiger partial charge in [-0.25, -0.2) is 4.79 Å². The lowest BCUT2D eigenvalue weighted by atomic mass is 10.2. The smallest absolute Gasteiger partial charge is 0.318 e. The number of para-hydroxylation sites is 1. The first-order valence-electron chi connectivity index (χ1n) is 5.12. The minimum atomic E-state index is -0.926. The highest BCUT2D eigenvalue weighted by molar-refractivity contribution is 5.93. The first kappa shape index (κ1) is 11.8. The molecule has 0 spiro atoms. The van der Waals surface area contributed by atoms with Crippen LogP contribution in [0.2, 0.25) is 0 Å². The number of hydrogen-bond acceptors (Lipinski definition) is 4. The number of aromatic nitrogens is 2. The number of benzene rings is 1. The number of carbonyl (C=O) groups is 2. The molecule has 0 aliphatic rings. The average molecular weight is 246 g/mol. The summed E-state index contributed by atoms with van der Waals surface area (Å²) in [5, 5.41) is 6.23. The van der Waals surface area contributed by atoms with Crippen LogP contribution in [0.4, 0.5) is 4.79 Å². The Bertz CT molecular complexity index is 677. The Morgan fingerprint density at radius 1 is 1.33 bits per heavy atom. The molecule has 0 bridgehead atoms. The number of amides is 3. The largest absolute Gasteiger partial charge is 0.351 e. The minimum absolute atomic E-state index is 0.191. The van der Waals surface area contributed by atoms with Crippen molar-refractivity contribution in [2.45, 2.75) is 6.54 Å². The average Bonchev–Trinajstić information content (AvgIpc) is 2.32. The summed E-state index contributed by atoms with van der Waals surface area (Å²) in [6, 6.07) is 5.83. The van der Waals surface area contributed by atoms with E-state index < -0.39 is 11.9 Å². The second-order valence-electron chi connectivity index (χ2n) is 3.60. The number of rotatable bonds is 2. The van der Waals surface area contributed by atoms with Gasteiger partial charge in [-0.05, 0) is 12.1 Å². The summed E-state index contributed by atoms with van der Waals surface area (Å²) in [6.45, 7) is -0.191. The number of carbonyl (C=O) groups excluding carboxylic acids is 2. The van der Waals surface area contributed by atoms with Crippen LogP contribution in [0.15, 0.2) is 35.3 Å². The predicted octanol–water partition coefficient (Wildman–Crippen LogP) is -0.409. The Hall–Kier alpha value is -2.70. The van der Waals surface area contributed by atoms with E-state index in [4.69, 9.17) is 5.73 Å². The van der Waals surface area contributed by atoms with E-state index in [1.807, 2.05) is 5.32 Å². The van der Waals surface area contributed by atoms with Gasteiger partial charge < -0.3 is 5.73 Å². The van der Waals surface area contributed by atoms with Crippen molar-refractivity contribution in [1.82, 2.24) is 15.1 Å². The molecule has 0 saturated heterocycles. The number of nitrogens with one attached hydrogen (secondary N) is 1. The Balaban J connectivity index is 2.40. The number of nitrogens with zero attached hydrogens (tertiary/aromatic N) is 2. The number of hydrogen-bond donors (Lipinski definition) is 2. The predicted molar refractivity (Wildman–Crippen MR) is 63.7 cm³/mol. The van der Waals surface area contributed by atoms with Crippen LogP contribution >= 0.6 is 0 Å². The van der Waals surface area contributed by atoms with Gasteiger partial charge in [0.25, 0.3) is 0 Å². The lowest BCUT2D eigenvalue weighted by Gasteiger charge is -2.07. The Morgan fingerprint density at radius 2 is 2.06 bits per heavy atom. The maximum absolute atomic E-state index is 11.5. The summed E-state index contributed by atoms with van der Waals surface area (Å²) in [5.41, 5.74) is 5.13. The van der Waals surface area contributed by atoms with Gasteiger partial charge in [-0.3, -0.25) is 19.6 Å². The molecule has 0 atom stereocenters. The quantitative estimate of drug-likeness (QED) is 0.751. The van der Waals surface area contributed by atoms with E-state index in [-0.39, 0.29) is 12.0 Å². The molecule has 2 rings (SSSR count). The SMILES string of the molecule is NC(=O)NC(=O)Cn1ncc(=O)c2ccccc21. The van der Waals surface area contributed by atoms with E-state index in [1.54, 1.807) is 24.3 Å². The minimum Gasteiger partial charge on any atom is -0.351 e. The molecule has 0 radical (unpaired) electrons. The van der Waals surface area contributed by atoms with Crippen LogP contribution in [0.25, 0.3) is 10.9 Å². The van der Waals surface area contributed by atoms with Crippen LogP contribution in [0, 0.1) is 0 Å². The number of fused-ring (bicyclic) bond motifs is 1. The summed E-state index contributed by atoms with van der Waals surface area (Å²) in [6.07, 6.45) is 1.12. The maximum Gasteiger partial charge on any atom is 0.318 e. The Morgan fingerprint density at radius 3 is 2.78 bits per heavy atom. The van der Waals surface area contributed by atoms with E-state index >= 15 is 0 Å². The molecule has 2 aromatic rings. The van der Waals surface area contributed by atoms with E-state index in [0.29, 0.717) is 10.9 Å². The van der Waals surface area contributed by atoms with Crippen molar-refractivity contribution in [1.29, 1.82) is 0 Å². The fraction of sp³-hybridized carbons (Fsp3) is 0.0909. The van der Waals surface area contributed by atoms with Crippen molar-refractivity contribution >= 4 is 22.8 Å². The molecule has 0 fully saturated rings. The van der Waals surface area contributed by atoms with Crippen molar-refractivity contribution < 1.29 is 9.59 Å². The zero-order valence-corrected chi connectivity index (χ0v) is 9.29. The molecular weight excluding hydrogens is 236 g/mol. The first-order valence-corrected chi connectivity index (χ1v) is 5.12. The van der Waals surface area contributed by atoms with Gasteiger partial charge in [0.1, 0.15) is 6.54 Å². The summed E-state index contributed by atoms with van der Waals surface area (Å²) in [4.78, 5) is 33.5. The Labute approximate surface area is 101 Å². The maximum atomic E-state index is 11.5. The highest BCUT2D eigenvalue weighted by Crippen LogP contribution is 2.07. The van der Waals surface area contributed by atoms with Gasteiger partial charge in [-0.15, -0.1) is 0 Å². The molecular formula is C11H10N4O3. The van der Waals surface area contributed by atoms with Crippen molar-refractivity contribution in [3.8, 4) is 0 Å². The fourth-order valence-electron chi connectivity index (χ4n) is 1.60. The van der Waals surface area contributed by atoms with Gasteiger partial charge in [0, 0.05) is 5.39 Å². The van der Waals surface area contributed by atoms with Gasteiger partial charge >= 0.3 is 6.03 Å². The summed E-state index contributed by atoms with van der Waals surface area (Å²) in [5.74, 6) is -0.594. The summed E-state index contributed by atoms with van der Waals surface area (Å²) >= 11 is 0. The number of primary amides is 1. The third kappa shape index (κ3) is 2.34. The Kier molecular flexibility index (Phi) is 3.05. The van der Waals surface area contributed by atoms with Crippen LogP contribution < -0.4 is 16.5 Å². The van der Waals surface area contributed by atoms with Crippen LogP contribution in [0.1, 0.15) is 0 Å². The topological polar surface area (TPSA) is 107 Å². The molecule has 3 N–H and O–H groups in total. The number of nitrogens with two attached hydrogens (primary N) is 1. The van der Waals surface area contributed by atoms with Gasteiger partial charge in [0.15, 0.2) is 0 Å². The molecule has 7 heteroatoms. The molecule has 7 nitrogen and oxygen atoms in total. The van der Waals surface area contributed by atoms with Crippen LogP contribution in [-0.2, 0) is 11.3 Å². The highest BCUT2D eigenvalue weighted by atomic mass is 16.2. The molecule has 18 heavy (non-hydrogen) atoms. The molecule has 0 aliphatic heterocycles. The first-order chi connectivity index (χ1) is 8.58. The standard InChI is InChI=1S/C11H10N4O3/c12-11(18)14-10(17)6-15-8-4-2-1-3-7(8)9(16)5-13-15/h1-5H,6H2,(H3,12,14,17,18). The molecule has 1 aromatic heterocycles. The zero-order chi connectivity index (χ0) is 13.1. The van der Waals surface area contributed by atoms with Crippen LogP contribution in [0.3, 0.4) is 0 Å². The van der Waals surface area contributed by atoms with E-state index in [1.165, 1.54) is 4.68 Å². The molecule has 0 aliphatic carbocycles. The lowest BCUT2D eigenvalue weighted by Crippen LogP contribution is -2.37. The highest BCUT2D eigenvalue weighted by Gasteiger charge is 2.08. The third-order valence-corrected chi connectivity index (χ3v) is 2.32. The van der Waals surface area contributed by atoms with Gasteiger partial charge in [-0.1, -0.05) is 12.1 Å². The molecule has 1 aromatic carbocycles. The second-order valence-corrected chi connectivity index (χ2v) is 3.60. The van der Waals surface area contributed by atoms with Crippen molar-refractivity contribution in [2.75, 3.05) is 0 Å². The molecule has 1 heterocycles. The van der Waals surface area contributed by atoms with Gasteiger partial charge in [0.05, 0.1) is 11.7 Å². The van der Waals surface area contributed by atoms with Gasteiger partial charge in [-0.2, -0.15) is 5.10 Å². The molecule has 3 amide bonds.